The van der Waals surface area contributed by atoms with Crippen molar-refractivity contribution >= 4 is 39.8 Å². The first kappa shape index (κ1) is 22.4. The Morgan fingerprint density at radius 2 is 1.88 bits per heavy atom. The number of rotatable bonds is 8. The molecule has 0 atom stereocenters. The van der Waals surface area contributed by atoms with Crippen LogP contribution in [-0.4, -0.2) is 47.1 Å². The molecule has 0 aliphatic heterocycles. The molecule has 2 amide bonds. The lowest BCUT2D eigenvalue weighted by atomic mass is 10.0. The Labute approximate surface area is 194 Å². The number of nitrogens with one attached hydrogen (secondary N) is 2. The zero-order chi connectivity index (χ0) is 23.4. The van der Waals surface area contributed by atoms with Crippen molar-refractivity contribution < 1.29 is 18.8 Å². The minimum Gasteiger partial charge on any atom is -0.360 e. The van der Waals surface area contributed by atoms with Crippen LogP contribution >= 0.6 is 11.3 Å². The predicted molar refractivity (Wildman–Crippen MR) is 127 cm³/mol. The van der Waals surface area contributed by atoms with Crippen molar-refractivity contribution in [2.45, 2.75) is 6.92 Å². The molecular formula is C25H22FN3O3S. The fourth-order valence-corrected chi connectivity index (χ4v) is 4.36. The van der Waals surface area contributed by atoms with E-state index in [4.69, 9.17) is 0 Å². The molecule has 0 radical (unpaired) electrons. The van der Waals surface area contributed by atoms with Gasteiger partial charge >= 0.3 is 0 Å². The molecule has 0 bridgehead atoms. The smallest absolute Gasteiger partial charge is 0.295 e. The summed E-state index contributed by atoms with van der Waals surface area (Å²) in [4.78, 5) is 42.4. The van der Waals surface area contributed by atoms with Gasteiger partial charge in [0.1, 0.15) is 5.82 Å². The highest BCUT2D eigenvalue weighted by Crippen LogP contribution is 2.33. The summed E-state index contributed by atoms with van der Waals surface area (Å²) in [7, 11) is 0. The Bertz CT molecular complexity index is 1300. The lowest BCUT2D eigenvalue weighted by Gasteiger charge is -2.20. The van der Waals surface area contributed by atoms with Crippen molar-refractivity contribution in [3.05, 3.63) is 82.4 Å². The van der Waals surface area contributed by atoms with Crippen LogP contribution in [0.2, 0.25) is 0 Å². The maximum atomic E-state index is 14.7. The van der Waals surface area contributed by atoms with E-state index in [2.05, 4.69) is 10.3 Å². The second-order valence-electron chi connectivity index (χ2n) is 7.40. The van der Waals surface area contributed by atoms with Crippen LogP contribution in [0.1, 0.15) is 27.6 Å². The summed E-state index contributed by atoms with van der Waals surface area (Å²) in [5.74, 6) is -2.36. The van der Waals surface area contributed by atoms with Crippen LogP contribution in [0.15, 0.2) is 65.5 Å². The number of aromatic nitrogens is 1. The summed E-state index contributed by atoms with van der Waals surface area (Å²) in [6.45, 7) is 2.36. The van der Waals surface area contributed by atoms with E-state index in [-0.39, 0.29) is 36.5 Å². The molecule has 2 heterocycles. The van der Waals surface area contributed by atoms with Crippen LogP contribution in [0.25, 0.3) is 22.0 Å². The van der Waals surface area contributed by atoms with Gasteiger partial charge < -0.3 is 15.2 Å². The number of Topliss-reactive ketones (excluding diaryl/α,β-unsaturated/α-hetero) is 1. The van der Waals surface area contributed by atoms with Crippen molar-refractivity contribution in [1.82, 2.24) is 15.2 Å². The zero-order valence-electron chi connectivity index (χ0n) is 17.9. The minimum absolute atomic E-state index is 0.00338. The zero-order valence-corrected chi connectivity index (χ0v) is 18.7. The molecule has 4 rings (SSSR count). The van der Waals surface area contributed by atoms with Crippen LogP contribution in [-0.2, 0) is 4.79 Å². The normalized spacial score (nSPS) is 10.8. The highest BCUT2D eigenvalue weighted by Gasteiger charge is 2.27. The predicted octanol–water partition coefficient (Wildman–Crippen LogP) is 4.50. The highest BCUT2D eigenvalue weighted by molar-refractivity contribution is 7.08. The van der Waals surface area contributed by atoms with Gasteiger partial charge in [0, 0.05) is 42.3 Å². The fourth-order valence-electron chi connectivity index (χ4n) is 3.70. The van der Waals surface area contributed by atoms with Crippen LogP contribution in [0.4, 0.5) is 4.39 Å². The number of thiophene rings is 1. The Morgan fingerprint density at radius 3 is 2.58 bits per heavy atom. The number of fused-ring (bicyclic) bond motifs is 1. The third-order valence-corrected chi connectivity index (χ3v) is 6.11. The molecule has 2 aromatic carbocycles. The summed E-state index contributed by atoms with van der Waals surface area (Å²) in [6.07, 6.45) is 1.38. The maximum absolute atomic E-state index is 14.7. The molecule has 33 heavy (non-hydrogen) atoms. The molecule has 0 saturated carbocycles. The Morgan fingerprint density at radius 1 is 1.09 bits per heavy atom. The van der Waals surface area contributed by atoms with Crippen molar-refractivity contribution in [3.8, 4) is 11.1 Å². The summed E-state index contributed by atoms with van der Waals surface area (Å²) < 4.78 is 14.7. The van der Waals surface area contributed by atoms with Crippen molar-refractivity contribution in [3.63, 3.8) is 0 Å². The topological polar surface area (TPSA) is 82.3 Å². The summed E-state index contributed by atoms with van der Waals surface area (Å²) in [5, 5.41) is 6.70. The molecule has 2 N–H and O–H groups in total. The number of carbonyl (C=O) groups is 3. The van der Waals surface area contributed by atoms with Gasteiger partial charge in [-0.25, -0.2) is 4.39 Å². The van der Waals surface area contributed by atoms with E-state index in [1.54, 1.807) is 37.3 Å². The number of ketones is 1. The summed E-state index contributed by atoms with van der Waals surface area (Å²) in [6, 6.07) is 13.6. The number of amides is 2. The van der Waals surface area contributed by atoms with E-state index in [0.717, 1.165) is 11.1 Å². The Kier molecular flexibility index (Phi) is 6.65. The molecule has 0 aliphatic carbocycles. The van der Waals surface area contributed by atoms with Crippen molar-refractivity contribution in [1.29, 1.82) is 0 Å². The van der Waals surface area contributed by atoms with E-state index in [1.165, 1.54) is 28.5 Å². The molecule has 4 aromatic rings. The number of carbonyl (C=O) groups excluding carboxylic acids is 3. The fraction of sp³-hybridized carbons (Fsp3) is 0.160. The number of likely N-dealkylation sites (N-methyl/N-ethyl adjacent to an activating group) is 1. The number of benzene rings is 2. The first-order chi connectivity index (χ1) is 16.0. The van der Waals surface area contributed by atoms with Gasteiger partial charge in [-0.2, -0.15) is 11.3 Å². The Hall–Kier alpha value is -3.78. The average Bonchev–Trinajstić information content (AvgIpc) is 3.53. The van der Waals surface area contributed by atoms with Crippen molar-refractivity contribution in [2.75, 3.05) is 19.6 Å². The average molecular weight is 464 g/mol. The number of hydrogen-bond acceptors (Lipinski definition) is 4. The molecule has 0 spiro atoms. The van der Waals surface area contributed by atoms with Gasteiger partial charge in [0.2, 0.25) is 0 Å². The van der Waals surface area contributed by atoms with Gasteiger partial charge in [-0.1, -0.05) is 18.2 Å². The minimum atomic E-state index is -0.793. The molecule has 0 fully saturated rings. The maximum Gasteiger partial charge on any atom is 0.295 e. The van der Waals surface area contributed by atoms with E-state index in [9.17, 15) is 18.8 Å². The van der Waals surface area contributed by atoms with Gasteiger partial charge in [-0.3, -0.25) is 14.4 Å². The van der Waals surface area contributed by atoms with Crippen molar-refractivity contribution in [2.24, 2.45) is 0 Å². The first-order valence-electron chi connectivity index (χ1n) is 10.5. The van der Waals surface area contributed by atoms with E-state index in [0.29, 0.717) is 11.1 Å². The highest BCUT2D eigenvalue weighted by atomic mass is 32.1. The molecule has 6 nitrogen and oxygen atoms in total. The van der Waals surface area contributed by atoms with Crippen LogP contribution in [0, 0.1) is 5.82 Å². The summed E-state index contributed by atoms with van der Waals surface area (Å²) in [5.41, 5.74) is 2.65. The third kappa shape index (κ3) is 4.56. The lowest BCUT2D eigenvalue weighted by molar-refractivity contribution is -0.126. The number of aromatic amines is 1. The molecule has 0 unspecified atom stereocenters. The summed E-state index contributed by atoms with van der Waals surface area (Å²) >= 11 is 1.51. The molecule has 2 aromatic heterocycles. The molecule has 168 valence electrons. The van der Waals surface area contributed by atoms with E-state index in [1.807, 2.05) is 22.9 Å². The molecule has 0 aliphatic rings. The number of hydrogen-bond donors (Lipinski definition) is 2. The molecule has 0 saturated heterocycles. The number of H-pyrrole nitrogens is 1. The van der Waals surface area contributed by atoms with Crippen LogP contribution < -0.4 is 5.32 Å². The number of nitrogens with zero attached hydrogens (tertiary/aromatic N) is 1. The third-order valence-electron chi connectivity index (χ3n) is 5.43. The van der Waals surface area contributed by atoms with E-state index < -0.39 is 17.5 Å². The molecule has 8 heteroatoms. The largest absolute Gasteiger partial charge is 0.360 e. The second-order valence-corrected chi connectivity index (χ2v) is 8.18. The van der Waals surface area contributed by atoms with Crippen LogP contribution in [0.5, 0.6) is 0 Å². The van der Waals surface area contributed by atoms with Gasteiger partial charge in [0.25, 0.3) is 17.6 Å². The Balaban J connectivity index is 1.50. The van der Waals surface area contributed by atoms with Gasteiger partial charge in [-0.15, -0.1) is 0 Å². The number of halogens is 1. The lowest BCUT2D eigenvalue weighted by Crippen LogP contribution is -2.41. The van der Waals surface area contributed by atoms with E-state index >= 15 is 0 Å². The molecular weight excluding hydrogens is 441 g/mol. The second kappa shape index (κ2) is 9.79. The SMILES string of the molecule is CCN(CCNC(=O)c1ccccc1)C(=O)C(=O)c1c[nH]c2c(-c3ccsc3)ccc(F)c12. The first-order valence-corrected chi connectivity index (χ1v) is 11.4. The van der Waals surface area contributed by atoms with Gasteiger partial charge in [-0.05, 0) is 53.6 Å². The van der Waals surface area contributed by atoms with Crippen LogP contribution in [0.3, 0.4) is 0 Å². The monoisotopic (exact) mass is 463 g/mol. The quantitative estimate of drug-likeness (QED) is 0.298. The van der Waals surface area contributed by atoms with Gasteiger partial charge in [0.05, 0.1) is 11.1 Å². The van der Waals surface area contributed by atoms with Gasteiger partial charge in [0.15, 0.2) is 0 Å². The standard InChI is InChI=1S/C25H22FN3O3S/c1-2-29(12-11-27-24(31)16-6-4-3-5-7-16)25(32)23(30)19-14-28-22-18(17-10-13-33-15-17)8-9-20(26)21(19)22/h3-10,13-15,28H,2,11-12H2,1H3,(H,27,31).